The minimum Gasteiger partial charge on any atom is -0.378 e. The van der Waals surface area contributed by atoms with Gasteiger partial charge in [-0.1, -0.05) is 54.1 Å². The minimum atomic E-state index is -0.226. The van der Waals surface area contributed by atoms with Gasteiger partial charge in [0.1, 0.15) is 0 Å². The Morgan fingerprint density at radius 1 is 0.963 bits per heavy atom. The first-order valence-electron chi connectivity index (χ1n) is 8.44. The number of aromatic amines is 1. The van der Waals surface area contributed by atoms with E-state index in [-0.39, 0.29) is 5.56 Å². The van der Waals surface area contributed by atoms with Crippen LogP contribution < -0.4 is 16.2 Å². The predicted molar refractivity (Wildman–Crippen MR) is 106 cm³/mol. The van der Waals surface area contributed by atoms with Crippen LogP contribution in [0.1, 0.15) is 11.3 Å². The summed E-state index contributed by atoms with van der Waals surface area (Å²) in [6.07, 6.45) is 0. The maximum atomic E-state index is 12.3. The monoisotopic (exact) mass is 380 g/mol. The lowest BCUT2D eigenvalue weighted by Crippen LogP contribution is -2.17. The molecule has 3 N–H and O–H groups in total. The first kappa shape index (κ1) is 17.1. The number of aromatic nitrogens is 4. The van der Waals surface area contributed by atoms with E-state index in [4.69, 9.17) is 11.6 Å². The SMILES string of the molecule is O=c1cc(CNc2ccccc2Cl)nc2nc(NCc3ccccc3)[nH]n12. The third-order valence-electron chi connectivity index (χ3n) is 4.02. The van der Waals surface area contributed by atoms with Gasteiger partial charge in [0.2, 0.25) is 5.95 Å². The largest absolute Gasteiger partial charge is 0.378 e. The molecule has 0 unspecified atom stereocenters. The number of rotatable bonds is 6. The normalized spacial score (nSPS) is 10.9. The Balaban J connectivity index is 1.51. The van der Waals surface area contributed by atoms with Crippen molar-refractivity contribution in [3.8, 4) is 0 Å². The molecule has 0 spiro atoms. The van der Waals surface area contributed by atoms with Crippen molar-refractivity contribution in [3.63, 3.8) is 0 Å². The Bertz CT molecular complexity index is 1120. The van der Waals surface area contributed by atoms with Crippen molar-refractivity contribution in [2.75, 3.05) is 10.6 Å². The number of nitrogens with zero attached hydrogens (tertiary/aromatic N) is 3. The molecule has 27 heavy (non-hydrogen) atoms. The number of anilines is 2. The van der Waals surface area contributed by atoms with E-state index in [0.717, 1.165) is 11.3 Å². The predicted octanol–water partition coefficient (Wildman–Crippen LogP) is 3.30. The van der Waals surface area contributed by atoms with Crippen molar-refractivity contribution in [1.82, 2.24) is 19.6 Å². The zero-order chi connectivity index (χ0) is 18.6. The molecule has 0 aliphatic heterocycles. The molecule has 0 fully saturated rings. The zero-order valence-electron chi connectivity index (χ0n) is 14.3. The van der Waals surface area contributed by atoms with Crippen LogP contribution in [0.15, 0.2) is 65.5 Å². The quantitative estimate of drug-likeness (QED) is 0.477. The maximum absolute atomic E-state index is 12.3. The van der Waals surface area contributed by atoms with E-state index in [0.29, 0.717) is 35.5 Å². The number of halogens is 1. The molecule has 2 aromatic heterocycles. The fourth-order valence-electron chi connectivity index (χ4n) is 2.67. The second kappa shape index (κ2) is 7.51. The van der Waals surface area contributed by atoms with Crippen molar-refractivity contribution in [2.24, 2.45) is 0 Å². The van der Waals surface area contributed by atoms with Gasteiger partial charge in [0, 0.05) is 12.6 Å². The lowest BCUT2D eigenvalue weighted by Gasteiger charge is -2.07. The van der Waals surface area contributed by atoms with Gasteiger partial charge in [-0.15, -0.1) is 0 Å². The third kappa shape index (κ3) is 3.93. The van der Waals surface area contributed by atoms with Gasteiger partial charge in [-0.2, -0.15) is 9.50 Å². The summed E-state index contributed by atoms with van der Waals surface area (Å²) in [5.74, 6) is 0.800. The van der Waals surface area contributed by atoms with Crippen LogP contribution in [-0.4, -0.2) is 19.6 Å². The number of nitrogens with one attached hydrogen (secondary N) is 3. The molecule has 0 saturated heterocycles. The summed E-state index contributed by atoms with van der Waals surface area (Å²) in [6.45, 7) is 0.964. The molecule has 0 saturated carbocycles. The summed E-state index contributed by atoms with van der Waals surface area (Å²) < 4.78 is 1.31. The second-order valence-corrected chi connectivity index (χ2v) is 6.37. The van der Waals surface area contributed by atoms with Gasteiger partial charge in [0.25, 0.3) is 11.3 Å². The summed E-state index contributed by atoms with van der Waals surface area (Å²) in [5, 5.41) is 9.88. The topological polar surface area (TPSA) is 87.1 Å². The molecule has 0 amide bonds. The van der Waals surface area contributed by atoms with Crippen molar-refractivity contribution in [3.05, 3.63) is 87.3 Å². The van der Waals surface area contributed by atoms with Crippen LogP contribution in [0.25, 0.3) is 5.78 Å². The van der Waals surface area contributed by atoms with Gasteiger partial charge in [-0.3, -0.25) is 9.89 Å². The highest BCUT2D eigenvalue weighted by molar-refractivity contribution is 6.33. The van der Waals surface area contributed by atoms with Crippen molar-refractivity contribution < 1.29 is 0 Å². The molecular weight excluding hydrogens is 364 g/mol. The van der Waals surface area contributed by atoms with Gasteiger partial charge in [0.15, 0.2) is 0 Å². The molecule has 2 aromatic carbocycles. The van der Waals surface area contributed by atoms with E-state index >= 15 is 0 Å². The minimum absolute atomic E-state index is 0.226. The van der Waals surface area contributed by atoms with Crippen LogP contribution in [0, 0.1) is 0 Å². The van der Waals surface area contributed by atoms with Crippen molar-refractivity contribution in [1.29, 1.82) is 0 Å². The van der Waals surface area contributed by atoms with Crippen LogP contribution in [0.4, 0.5) is 11.6 Å². The summed E-state index contributed by atoms with van der Waals surface area (Å²) in [7, 11) is 0. The van der Waals surface area contributed by atoms with Crippen LogP contribution >= 0.6 is 11.6 Å². The molecule has 136 valence electrons. The van der Waals surface area contributed by atoms with Gasteiger partial charge in [-0.25, -0.2) is 4.98 Å². The van der Waals surface area contributed by atoms with Gasteiger partial charge in [0.05, 0.1) is 22.9 Å². The third-order valence-corrected chi connectivity index (χ3v) is 4.35. The van der Waals surface area contributed by atoms with E-state index in [1.165, 1.54) is 10.6 Å². The molecule has 0 aliphatic carbocycles. The number of para-hydroxylation sites is 1. The Hall–Kier alpha value is -3.32. The average molecular weight is 381 g/mol. The lowest BCUT2D eigenvalue weighted by molar-refractivity contribution is 0.874. The Labute approximate surface area is 160 Å². The Morgan fingerprint density at radius 2 is 1.74 bits per heavy atom. The molecule has 2 heterocycles. The number of hydrogen-bond acceptors (Lipinski definition) is 5. The van der Waals surface area contributed by atoms with Crippen LogP contribution in [0.3, 0.4) is 0 Å². The standard InChI is InChI=1S/C19H17ClN6O/c20-15-8-4-5-9-16(15)21-12-14-10-17(27)26-19(23-14)24-18(25-26)22-11-13-6-2-1-3-7-13/h1-10,21H,11-12H2,(H2,22,23,24,25). The van der Waals surface area contributed by atoms with Crippen LogP contribution in [0.5, 0.6) is 0 Å². The summed E-state index contributed by atoms with van der Waals surface area (Å²) in [6, 6.07) is 18.8. The van der Waals surface area contributed by atoms with Gasteiger partial charge >= 0.3 is 0 Å². The molecule has 8 heteroatoms. The van der Waals surface area contributed by atoms with Crippen LogP contribution in [-0.2, 0) is 13.1 Å². The molecule has 4 rings (SSSR count). The smallest absolute Gasteiger partial charge is 0.274 e. The van der Waals surface area contributed by atoms with Crippen LogP contribution in [0.2, 0.25) is 5.02 Å². The zero-order valence-corrected chi connectivity index (χ0v) is 15.1. The van der Waals surface area contributed by atoms with E-state index in [9.17, 15) is 4.79 Å². The first-order chi connectivity index (χ1) is 13.2. The number of H-pyrrole nitrogens is 1. The van der Waals surface area contributed by atoms with E-state index in [1.54, 1.807) is 6.07 Å². The molecule has 0 atom stereocenters. The Kier molecular flexibility index (Phi) is 4.76. The summed E-state index contributed by atoms with van der Waals surface area (Å²) >= 11 is 6.13. The molecule has 0 radical (unpaired) electrons. The summed E-state index contributed by atoms with van der Waals surface area (Å²) in [4.78, 5) is 21.1. The van der Waals surface area contributed by atoms with E-state index in [1.807, 2.05) is 48.5 Å². The fourth-order valence-corrected chi connectivity index (χ4v) is 2.87. The highest BCUT2D eigenvalue weighted by Gasteiger charge is 2.08. The molecule has 4 aromatic rings. The average Bonchev–Trinajstić information content (AvgIpc) is 3.10. The lowest BCUT2D eigenvalue weighted by atomic mass is 10.2. The van der Waals surface area contributed by atoms with Gasteiger partial charge < -0.3 is 10.6 Å². The van der Waals surface area contributed by atoms with E-state index in [2.05, 4.69) is 25.7 Å². The van der Waals surface area contributed by atoms with Gasteiger partial charge in [-0.05, 0) is 17.7 Å². The highest BCUT2D eigenvalue weighted by atomic mass is 35.5. The first-order valence-corrected chi connectivity index (χ1v) is 8.82. The number of benzene rings is 2. The molecule has 0 aliphatic rings. The highest BCUT2D eigenvalue weighted by Crippen LogP contribution is 2.20. The Morgan fingerprint density at radius 3 is 2.56 bits per heavy atom. The molecule has 7 nitrogen and oxygen atoms in total. The molecule has 0 bridgehead atoms. The van der Waals surface area contributed by atoms with Crippen molar-refractivity contribution >= 4 is 29.0 Å². The molecular formula is C19H17ClN6O. The maximum Gasteiger partial charge on any atom is 0.274 e. The second-order valence-electron chi connectivity index (χ2n) is 5.97. The number of fused-ring (bicyclic) bond motifs is 1. The number of hydrogen-bond donors (Lipinski definition) is 3. The fraction of sp³-hybridized carbons (Fsp3) is 0.105. The van der Waals surface area contributed by atoms with Crippen molar-refractivity contribution in [2.45, 2.75) is 13.1 Å². The summed E-state index contributed by atoms with van der Waals surface area (Å²) in [5.41, 5.74) is 2.26. The van der Waals surface area contributed by atoms with E-state index < -0.39 is 0 Å².